The highest BCUT2D eigenvalue weighted by atomic mass is 19.1. The van der Waals surface area contributed by atoms with Crippen LogP contribution < -0.4 is 10.6 Å². The molecule has 0 aliphatic carbocycles. The van der Waals surface area contributed by atoms with E-state index >= 15 is 0 Å². The summed E-state index contributed by atoms with van der Waals surface area (Å²) >= 11 is 0. The minimum absolute atomic E-state index is 0.0926. The van der Waals surface area contributed by atoms with Gasteiger partial charge in [-0.15, -0.1) is 0 Å². The maximum atomic E-state index is 13.7. The fourth-order valence-corrected chi connectivity index (χ4v) is 2.94. The van der Waals surface area contributed by atoms with Gasteiger partial charge >= 0.3 is 0 Å². The van der Waals surface area contributed by atoms with E-state index in [-0.39, 0.29) is 11.3 Å². The van der Waals surface area contributed by atoms with Gasteiger partial charge in [0.25, 0.3) is 5.91 Å². The molecule has 2 N–H and O–H groups in total. The van der Waals surface area contributed by atoms with E-state index in [0.29, 0.717) is 5.69 Å². The van der Waals surface area contributed by atoms with Crippen LogP contribution in [0.2, 0.25) is 0 Å². The predicted molar refractivity (Wildman–Crippen MR) is 102 cm³/mol. The van der Waals surface area contributed by atoms with Crippen LogP contribution in [0.4, 0.5) is 25.8 Å². The van der Waals surface area contributed by atoms with Gasteiger partial charge in [0.15, 0.2) is 0 Å². The van der Waals surface area contributed by atoms with Gasteiger partial charge < -0.3 is 10.6 Å². The molecular weight excluding hydrogens is 348 g/mol. The van der Waals surface area contributed by atoms with Crippen molar-refractivity contribution in [1.82, 2.24) is 4.98 Å². The van der Waals surface area contributed by atoms with Gasteiger partial charge in [0.2, 0.25) is 0 Å². The SMILES string of the molecule is Cc1cc(C)c(Nc2cncc(C(=O)Nc3ccc(F)cc3F)c2)c(C)c1. The van der Waals surface area contributed by atoms with Crippen LogP contribution in [-0.2, 0) is 0 Å². The molecule has 6 heteroatoms. The molecule has 3 aromatic rings. The first-order chi connectivity index (χ1) is 12.8. The smallest absolute Gasteiger partial charge is 0.257 e. The number of hydrogen-bond acceptors (Lipinski definition) is 3. The third-order valence-electron chi connectivity index (χ3n) is 4.13. The highest BCUT2D eigenvalue weighted by Gasteiger charge is 2.12. The summed E-state index contributed by atoms with van der Waals surface area (Å²) in [5.41, 5.74) is 5.08. The monoisotopic (exact) mass is 367 g/mol. The van der Waals surface area contributed by atoms with Gasteiger partial charge in [-0.2, -0.15) is 0 Å². The lowest BCUT2D eigenvalue weighted by Gasteiger charge is -2.14. The molecule has 4 nitrogen and oxygen atoms in total. The number of rotatable bonds is 4. The molecule has 1 aromatic heterocycles. The first-order valence-corrected chi connectivity index (χ1v) is 8.40. The maximum absolute atomic E-state index is 13.7. The highest BCUT2D eigenvalue weighted by Crippen LogP contribution is 2.26. The van der Waals surface area contributed by atoms with Crippen LogP contribution in [0.25, 0.3) is 0 Å². The molecular formula is C21H19F2N3O. The van der Waals surface area contributed by atoms with Crippen LogP contribution >= 0.6 is 0 Å². The zero-order valence-electron chi connectivity index (χ0n) is 15.2. The number of pyridine rings is 1. The second-order valence-electron chi connectivity index (χ2n) is 6.44. The Labute approximate surface area is 156 Å². The average molecular weight is 367 g/mol. The van der Waals surface area contributed by atoms with Gasteiger partial charge in [0, 0.05) is 18.0 Å². The summed E-state index contributed by atoms with van der Waals surface area (Å²) in [4.78, 5) is 16.5. The first kappa shape index (κ1) is 18.5. The number of hydrogen-bond donors (Lipinski definition) is 2. The summed E-state index contributed by atoms with van der Waals surface area (Å²) in [6.07, 6.45) is 2.99. The lowest BCUT2D eigenvalue weighted by Crippen LogP contribution is -2.13. The van der Waals surface area contributed by atoms with E-state index < -0.39 is 17.5 Å². The predicted octanol–water partition coefficient (Wildman–Crippen LogP) is 5.28. The molecule has 27 heavy (non-hydrogen) atoms. The van der Waals surface area contributed by atoms with E-state index in [0.717, 1.165) is 28.9 Å². The molecule has 0 unspecified atom stereocenters. The molecule has 138 valence electrons. The Hall–Kier alpha value is -3.28. The molecule has 2 aromatic carbocycles. The number of aromatic nitrogens is 1. The van der Waals surface area contributed by atoms with Crippen LogP contribution in [0, 0.1) is 32.4 Å². The standard InChI is InChI=1S/C21H19F2N3O/c1-12-6-13(2)20(14(3)7-12)25-17-8-15(10-24-11-17)21(27)26-19-5-4-16(22)9-18(19)23/h4-11,25H,1-3H3,(H,26,27). The normalized spacial score (nSPS) is 10.6. The van der Waals surface area contributed by atoms with Gasteiger partial charge in [-0.25, -0.2) is 8.78 Å². The molecule has 0 saturated heterocycles. The van der Waals surface area contributed by atoms with Crippen molar-refractivity contribution in [3.05, 3.63) is 82.7 Å². The first-order valence-electron chi connectivity index (χ1n) is 8.40. The number of nitrogens with zero attached hydrogens (tertiary/aromatic N) is 1. The molecule has 1 amide bonds. The number of benzene rings is 2. The molecule has 0 radical (unpaired) electrons. The van der Waals surface area contributed by atoms with Crippen LogP contribution in [0.5, 0.6) is 0 Å². The lowest BCUT2D eigenvalue weighted by atomic mass is 10.0. The van der Waals surface area contributed by atoms with E-state index in [1.807, 2.05) is 20.8 Å². The van der Waals surface area contributed by atoms with Crippen molar-refractivity contribution in [2.24, 2.45) is 0 Å². The average Bonchev–Trinajstić information content (AvgIpc) is 2.60. The second kappa shape index (κ2) is 7.53. The van der Waals surface area contributed by atoms with Crippen LogP contribution in [0.1, 0.15) is 27.0 Å². The topological polar surface area (TPSA) is 54.0 Å². The molecule has 3 rings (SSSR count). The van der Waals surface area contributed by atoms with E-state index in [9.17, 15) is 13.6 Å². The van der Waals surface area contributed by atoms with E-state index in [1.165, 1.54) is 17.8 Å². The Bertz CT molecular complexity index is 995. The number of carbonyl (C=O) groups is 1. The second-order valence-corrected chi connectivity index (χ2v) is 6.44. The third-order valence-corrected chi connectivity index (χ3v) is 4.13. The van der Waals surface area contributed by atoms with Crippen molar-refractivity contribution in [1.29, 1.82) is 0 Å². The van der Waals surface area contributed by atoms with E-state index in [1.54, 1.807) is 12.3 Å². The van der Waals surface area contributed by atoms with Crippen LogP contribution in [0.3, 0.4) is 0 Å². The molecule has 0 bridgehead atoms. The van der Waals surface area contributed by atoms with Crippen LogP contribution in [-0.4, -0.2) is 10.9 Å². The summed E-state index contributed by atoms with van der Waals surface area (Å²) in [6.45, 7) is 6.04. The van der Waals surface area contributed by atoms with Crippen molar-refractivity contribution in [3.8, 4) is 0 Å². The van der Waals surface area contributed by atoms with E-state index in [4.69, 9.17) is 0 Å². The van der Waals surface area contributed by atoms with Crippen molar-refractivity contribution in [2.75, 3.05) is 10.6 Å². The Morgan fingerprint density at radius 1 is 0.963 bits per heavy atom. The third kappa shape index (κ3) is 4.28. The Kier molecular flexibility index (Phi) is 5.16. The fraction of sp³-hybridized carbons (Fsp3) is 0.143. The minimum atomic E-state index is -0.837. The Morgan fingerprint density at radius 2 is 1.67 bits per heavy atom. The number of anilines is 3. The highest BCUT2D eigenvalue weighted by molar-refractivity contribution is 6.04. The maximum Gasteiger partial charge on any atom is 0.257 e. The summed E-state index contributed by atoms with van der Waals surface area (Å²) in [5, 5.41) is 5.71. The Balaban J connectivity index is 1.82. The summed E-state index contributed by atoms with van der Waals surface area (Å²) in [6, 6.07) is 8.74. The van der Waals surface area contributed by atoms with Crippen LogP contribution in [0.15, 0.2) is 48.8 Å². The summed E-state index contributed by atoms with van der Waals surface area (Å²) in [7, 11) is 0. The molecule has 0 aliphatic rings. The van der Waals surface area contributed by atoms with Crippen molar-refractivity contribution >= 4 is 23.0 Å². The molecule has 0 atom stereocenters. The molecule has 1 heterocycles. The molecule has 0 spiro atoms. The largest absolute Gasteiger partial charge is 0.354 e. The number of halogens is 2. The fourth-order valence-electron chi connectivity index (χ4n) is 2.94. The van der Waals surface area contributed by atoms with Crippen molar-refractivity contribution in [3.63, 3.8) is 0 Å². The van der Waals surface area contributed by atoms with Gasteiger partial charge in [0.1, 0.15) is 11.6 Å². The van der Waals surface area contributed by atoms with E-state index in [2.05, 4.69) is 27.8 Å². The van der Waals surface area contributed by atoms with Crippen molar-refractivity contribution < 1.29 is 13.6 Å². The molecule has 0 saturated carbocycles. The number of aryl methyl sites for hydroxylation is 3. The van der Waals surface area contributed by atoms with Crippen molar-refractivity contribution in [2.45, 2.75) is 20.8 Å². The molecule has 0 fully saturated rings. The number of carbonyl (C=O) groups excluding carboxylic acids is 1. The van der Waals surface area contributed by atoms with Gasteiger partial charge in [0.05, 0.1) is 23.1 Å². The van der Waals surface area contributed by atoms with Gasteiger partial charge in [-0.3, -0.25) is 9.78 Å². The minimum Gasteiger partial charge on any atom is -0.354 e. The Morgan fingerprint density at radius 3 is 2.33 bits per heavy atom. The lowest BCUT2D eigenvalue weighted by molar-refractivity contribution is 0.102. The summed E-state index contributed by atoms with van der Waals surface area (Å²) < 4.78 is 26.7. The quantitative estimate of drug-likeness (QED) is 0.659. The van der Waals surface area contributed by atoms with Gasteiger partial charge in [-0.05, 0) is 50.1 Å². The number of amides is 1. The number of nitrogens with one attached hydrogen (secondary N) is 2. The zero-order chi connectivity index (χ0) is 19.6. The summed E-state index contributed by atoms with van der Waals surface area (Å²) in [5.74, 6) is -2.08. The molecule has 0 aliphatic heterocycles. The van der Waals surface area contributed by atoms with Gasteiger partial charge in [-0.1, -0.05) is 17.7 Å². The zero-order valence-corrected chi connectivity index (χ0v) is 15.2.